The number of rotatable bonds is 10. The first-order valence-electron chi connectivity index (χ1n) is 16.6. The number of aromatic nitrogens is 3. The number of aromatic amines is 1. The lowest BCUT2D eigenvalue weighted by atomic mass is 10.0. The number of halogens is 1. The Hall–Kier alpha value is -5.34. The zero-order valence-corrected chi connectivity index (χ0v) is 28.7. The molecule has 2 aromatic heterocycles. The number of benzene rings is 2. The van der Waals surface area contributed by atoms with Gasteiger partial charge in [-0.1, -0.05) is 35.9 Å². The Balaban J connectivity index is 1.32. The van der Waals surface area contributed by atoms with Crippen LogP contribution in [-0.4, -0.2) is 74.9 Å². The van der Waals surface area contributed by atoms with E-state index in [0.717, 1.165) is 74.8 Å². The van der Waals surface area contributed by atoms with E-state index in [2.05, 4.69) is 9.88 Å². The highest BCUT2D eigenvalue weighted by molar-refractivity contribution is 5.85. The summed E-state index contributed by atoms with van der Waals surface area (Å²) in [7, 11) is 0. The number of nitrogens with zero attached hydrogens (tertiary/aromatic N) is 3. The molecule has 0 unspecified atom stereocenters. The van der Waals surface area contributed by atoms with E-state index in [1.54, 1.807) is 12.1 Å². The Labute approximate surface area is 292 Å². The third kappa shape index (κ3) is 7.86. The third-order valence-electron chi connectivity index (χ3n) is 9.06. The Kier molecular flexibility index (Phi) is 10.3. The highest BCUT2D eigenvalue weighted by Gasteiger charge is 2.51. The second-order valence-corrected chi connectivity index (χ2v) is 12.8. The van der Waals surface area contributed by atoms with E-state index >= 15 is 0 Å². The van der Waals surface area contributed by atoms with Crippen molar-refractivity contribution in [1.82, 2.24) is 19.0 Å². The molecule has 2 aliphatic rings. The Bertz CT molecular complexity index is 2120. The normalized spacial score (nSPS) is 20.6. The molecule has 0 saturated carbocycles. The van der Waals surface area contributed by atoms with Crippen LogP contribution in [0, 0.1) is 12.7 Å². The van der Waals surface area contributed by atoms with Crippen LogP contribution in [0.3, 0.4) is 0 Å². The summed E-state index contributed by atoms with van der Waals surface area (Å²) < 4.78 is 38.3. The lowest BCUT2D eigenvalue weighted by molar-refractivity contribution is -0.166. The average Bonchev–Trinajstić information content (AvgIpc) is 3.59. The van der Waals surface area contributed by atoms with Gasteiger partial charge in [0.1, 0.15) is 18.5 Å². The molecular formula is C37H39FN4O9. The van der Waals surface area contributed by atoms with Gasteiger partial charge in [-0.3, -0.25) is 33.2 Å². The van der Waals surface area contributed by atoms with Crippen LogP contribution in [-0.2, 0) is 52.8 Å². The summed E-state index contributed by atoms with van der Waals surface area (Å²) in [6.07, 6.45) is -1.11. The fourth-order valence-corrected chi connectivity index (χ4v) is 6.67. The number of H-pyrrole nitrogens is 1. The fraction of sp³-hybridized carbons (Fsp3) is 0.378. The average molecular weight is 703 g/mol. The molecule has 4 atom stereocenters. The van der Waals surface area contributed by atoms with E-state index in [1.807, 2.05) is 37.3 Å². The number of esters is 3. The number of hydrogen-bond donors (Lipinski definition) is 1. The molecule has 13 nitrogen and oxygen atoms in total. The summed E-state index contributed by atoms with van der Waals surface area (Å²) >= 11 is 0. The van der Waals surface area contributed by atoms with Gasteiger partial charge < -0.3 is 23.9 Å². The Morgan fingerprint density at radius 3 is 2.41 bits per heavy atom. The van der Waals surface area contributed by atoms with Crippen LogP contribution in [0.5, 0.6) is 0 Å². The Morgan fingerprint density at radius 1 is 0.980 bits per heavy atom. The van der Waals surface area contributed by atoms with Gasteiger partial charge in [0.15, 0.2) is 18.4 Å². The van der Waals surface area contributed by atoms with Crippen LogP contribution >= 0.6 is 0 Å². The molecule has 0 spiro atoms. The molecule has 0 radical (unpaired) electrons. The van der Waals surface area contributed by atoms with Crippen LogP contribution < -0.4 is 11.2 Å². The molecule has 1 saturated heterocycles. The van der Waals surface area contributed by atoms with E-state index in [9.17, 15) is 28.4 Å². The van der Waals surface area contributed by atoms with Gasteiger partial charge >= 0.3 is 23.6 Å². The molecule has 2 aromatic carbocycles. The number of nitrogens with one attached hydrogen (secondary N) is 1. The summed E-state index contributed by atoms with van der Waals surface area (Å²) in [6.45, 7) is 6.85. The highest BCUT2D eigenvalue weighted by atomic mass is 19.1. The number of allylic oxidation sites excluding steroid dienone is 1. The van der Waals surface area contributed by atoms with Gasteiger partial charge in [0.25, 0.3) is 5.56 Å². The molecule has 0 aliphatic carbocycles. The quantitative estimate of drug-likeness (QED) is 0.192. The summed E-state index contributed by atoms with van der Waals surface area (Å²) in [5.41, 5.74) is 4.52. The van der Waals surface area contributed by atoms with Crippen molar-refractivity contribution < 1.29 is 37.7 Å². The zero-order valence-electron chi connectivity index (χ0n) is 28.7. The van der Waals surface area contributed by atoms with Gasteiger partial charge in [-0.2, -0.15) is 0 Å². The van der Waals surface area contributed by atoms with E-state index in [0.29, 0.717) is 13.1 Å². The molecule has 4 heterocycles. The van der Waals surface area contributed by atoms with Crippen molar-refractivity contribution >= 4 is 34.4 Å². The fourth-order valence-electron chi connectivity index (χ4n) is 6.67. The van der Waals surface area contributed by atoms with Crippen molar-refractivity contribution in [2.45, 2.75) is 71.7 Å². The number of ether oxygens (including phenoxy) is 4. The summed E-state index contributed by atoms with van der Waals surface area (Å²) in [6, 6.07) is 13.9. The summed E-state index contributed by atoms with van der Waals surface area (Å²) in [5.74, 6) is -2.35. The number of fused-ring (bicyclic) bond motifs is 3. The molecule has 6 rings (SSSR count). The highest BCUT2D eigenvalue weighted by Crippen LogP contribution is 2.34. The van der Waals surface area contributed by atoms with Crippen molar-refractivity contribution in [3.63, 3.8) is 0 Å². The largest absolute Gasteiger partial charge is 0.463 e. The van der Waals surface area contributed by atoms with Crippen molar-refractivity contribution in [2.75, 3.05) is 19.7 Å². The first kappa shape index (κ1) is 35.5. The van der Waals surface area contributed by atoms with Crippen LogP contribution in [0.4, 0.5) is 4.39 Å². The number of carbonyl (C=O) groups excluding carboxylic acids is 3. The van der Waals surface area contributed by atoms with Gasteiger partial charge in [-0.05, 0) is 41.8 Å². The third-order valence-corrected chi connectivity index (χ3v) is 9.06. The monoisotopic (exact) mass is 702 g/mol. The van der Waals surface area contributed by atoms with Crippen LogP contribution in [0.2, 0.25) is 0 Å². The number of hydrogen-bond acceptors (Lipinski definition) is 10. The van der Waals surface area contributed by atoms with Gasteiger partial charge in [0, 0.05) is 82.2 Å². The summed E-state index contributed by atoms with van der Waals surface area (Å²) in [5, 5.41) is 0.846. The maximum atomic E-state index is 14.2. The predicted molar refractivity (Wildman–Crippen MR) is 183 cm³/mol. The van der Waals surface area contributed by atoms with E-state index in [-0.39, 0.29) is 19.0 Å². The van der Waals surface area contributed by atoms with Crippen molar-refractivity contribution in [1.29, 1.82) is 0 Å². The van der Waals surface area contributed by atoms with Gasteiger partial charge in [0.05, 0.1) is 0 Å². The molecule has 0 bridgehead atoms. The maximum absolute atomic E-state index is 14.2. The molecule has 2 aliphatic heterocycles. The van der Waals surface area contributed by atoms with Crippen molar-refractivity contribution in [3.05, 3.63) is 110 Å². The first-order valence-corrected chi connectivity index (χ1v) is 16.6. The lowest BCUT2D eigenvalue weighted by Gasteiger charge is -2.28. The number of aryl methyl sites for hydroxylation is 1. The Morgan fingerprint density at radius 2 is 1.71 bits per heavy atom. The first-order chi connectivity index (χ1) is 24.4. The molecule has 51 heavy (non-hydrogen) atoms. The topological polar surface area (TPSA) is 151 Å². The summed E-state index contributed by atoms with van der Waals surface area (Å²) in [4.78, 5) is 68.5. The SMILES string of the molecule is CC(=O)OC[C@H]1O[C@@H](n2ccc(=O)n(C/C=C(\CN3CCc4[nH]c5ccc(F)cc5c4C3)c3ccc(C)cc3)c2=O)[C@H](OC(C)=O)[C@@H]1OC(C)=O. The minimum Gasteiger partial charge on any atom is -0.463 e. The zero-order chi connectivity index (χ0) is 36.4. The second-order valence-electron chi connectivity index (χ2n) is 12.8. The van der Waals surface area contributed by atoms with Gasteiger partial charge in [-0.15, -0.1) is 0 Å². The molecule has 14 heteroatoms. The standard InChI is InChI=1S/C37H39FN4O9/c1-21-5-7-25(8-6-21)26(18-40-14-12-31-29(19-40)28-17-27(38)9-10-30(28)39-31)11-15-41-33(46)13-16-42(37(41)47)36-35(50-24(4)45)34(49-23(3)44)32(51-36)20-48-22(2)43/h5-11,13,16-17,32,34-36,39H,12,14-15,18-20H2,1-4H3/b26-11+/t32-,34-,35-,36-/m1/s1. The second kappa shape index (κ2) is 14.9. The number of carbonyl (C=O) groups is 3. The molecule has 4 aromatic rings. The van der Waals surface area contributed by atoms with Crippen LogP contribution in [0.15, 0.2) is 70.4 Å². The van der Waals surface area contributed by atoms with Crippen molar-refractivity contribution in [3.8, 4) is 0 Å². The molecule has 1 N–H and O–H groups in total. The van der Waals surface area contributed by atoms with Crippen molar-refractivity contribution in [2.24, 2.45) is 0 Å². The van der Waals surface area contributed by atoms with Gasteiger partial charge in [0.2, 0.25) is 0 Å². The smallest absolute Gasteiger partial charge is 0.333 e. The van der Waals surface area contributed by atoms with Crippen LogP contribution in [0.1, 0.15) is 49.4 Å². The van der Waals surface area contributed by atoms with E-state index < -0.39 is 53.7 Å². The molecule has 268 valence electrons. The van der Waals surface area contributed by atoms with E-state index in [1.165, 1.54) is 25.3 Å². The van der Waals surface area contributed by atoms with Crippen LogP contribution in [0.25, 0.3) is 16.5 Å². The molecular weight excluding hydrogens is 663 g/mol. The minimum absolute atomic E-state index is 0.103. The lowest BCUT2D eigenvalue weighted by Crippen LogP contribution is -2.45. The molecule has 0 amide bonds. The van der Waals surface area contributed by atoms with E-state index in [4.69, 9.17) is 18.9 Å². The molecule has 1 fully saturated rings. The minimum atomic E-state index is -1.32. The van der Waals surface area contributed by atoms with Gasteiger partial charge in [-0.25, -0.2) is 9.18 Å². The maximum Gasteiger partial charge on any atom is 0.333 e. The predicted octanol–water partition coefficient (Wildman–Crippen LogP) is 3.40.